The number of rotatable bonds is 0. The molecule has 0 amide bonds. The quantitative estimate of drug-likeness (QED) is 0.362. The van der Waals surface area contributed by atoms with Gasteiger partial charge in [0.05, 0.1) is 0 Å². The molecule has 1 nitrogen and oxygen atoms in total. The van der Waals surface area contributed by atoms with Crippen LogP contribution in [0.5, 0.6) is 0 Å². The third-order valence-electron chi connectivity index (χ3n) is 4.41. The molecule has 2 heteroatoms. The maximum atomic E-state index is 2.41. The van der Waals surface area contributed by atoms with E-state index in [-0.39, 0.29) is 0 Å². The van der Waals surface area contributed by atoms with Gasteiger partial charge in [-0.05, 0) is 0 Å². The molecule has 5 aromatic rings. The third-order valence-corrected chi connectivity index (χ3v) is 6.79. The van der Waals surface area contributed by atoms with Crippen LogP contribution >= 0.6 is 0 Å². The first kappa shape index (κ1) is 11.6. The molecule has 2 heterocycles. The van der Waals surface area contributed by atoms with Crippen molar-refractivity contribution in [2.75, 3.05) is 0 Å². The molecule has 21 heavy (non-hydrogen) atoms. The maximum absolute atomic E-state index is 2.41. The molecule has 0 aliphatic rings. The van der Waals surface area contributed by atoms with Crippen molar-refractivity contribution in [3.8, 4) is 0 Å². The Morgan fingerprint density at radius 3 is 2.33 bits per heavy atom. The van der Waals surface area contributed by atoms with Gasteiger partial charge in [0.1, 0.15) is 0 Å². The van der Waals surface area contributed by atoms with E-state index in [4.69, 9.17) is 0 Å². The van der Waals surface area contributed by atoms with Crippen LogP contribution in [0.2, 0.25) is 0 Å². The number of nitrogens with zero attached hydrogens (tertiary/aromatic N) is 1. The molecule has 0 saturated heterocycles. The average molecular weight is 334 g/mol. The first-order valence-electron chi connectivity index (χ1n) is 7.11. The summed E-state index contributed by atoms with van der Waals surface area (Å²) in [6.45, 7) is 0. The Morgan fingerprint density at radius 1 is 0.667 bits per heavy atom. The van der Waals surface area contributed by atoms with Crippen LogP contribution in [0.1, 0.15) is 0 Å². The molecule has 0 aliphatic heterocycles. The summed E-state index contributed by atoms with van der Waals surface area (Å²) in [7, 11) is 2.17. The van der Waals surface area contributed by atoms with Crippen LogP contribution in [0.15, 0.2) is 60.7 Å². The van der Waals surface area contributed by atoms with Gasteiger partial charge >= 0.3 is 128 Å². The van der Waals surface area contributed by atoms with Gasteiger partial charge in [0.2, 0.25) is 0 Å². The second-order valence-corrected chi connectivity index (χ2v) is 7.81. The fourth-order valence-electron chi connectivity index (χ4n) is 3.38. The van der Waals surface area contributed by atoms with Crippen LogP contribution in [-0.4, -0.2) is 19.1 Å². The molecule has 100 valence electrons. The topological polar surface area (TPSA) is 4.93 Å². The number of benzene rings is 3. The molecule has 0 aliphatic carbocycles. The summed E-state index contributed by atoms with van der Waals surface area (Å²) in [6.07, 6.45) is 0. The third kappa shape index (κ3) is 1.47. The van der Waals surface area contributed by atoms with Crippen LogP contribution in [-0.2, 0) is 7.05 Å². The zero-order valence-corrected chi connectivity index (χ0v) is 13.3. The molecule has 5 rings (SSSR count). The predicted molar refractivity (Wildman–Crippen MR) is 92.4 cm³/mol. The Kier molecular flexibility index (Phi) is 2.22. The molecule has 0 radical (unpaired) electrons. The SMILES string of the molecule is Cn1c2ccccc2c2cc3c(cc21)[se]c1ccccc13. The van der Waals surface area contributed by atoms with E-state index in [1.807, 2.05) is 0 Å². The standard InChI is InChI=1S/C19H13NSe/c1-20-16-8-4-2-6-12(16)14-10-15-13-7-3-5-9-18(13)21-19(15)11-17(14)20/h2-11H,1H3. The number of fused-ring (bicyclic) bond motifs is 6. The van der Waals surface area contributed by atoms with Crippen molar-refractivity contribution in [3.63, 3.8) is 0 Å². The minimum atomic E-state index is 0.441. The average Bonchev–Trinajstić information content (AvgIpc) is 3.02. The van der Waals surface area contributed by atoms with Crippen LogP contribution in [0.3, 0.4) is 0 Å². The second-order valence-electron chi connectivity index (χ2n) is 5.54. The summed E-state index contributed by atoms with van der Waals surface area (Å²) in [5.74, 6) is 0. The fourth-order valence-corrected chi connectivity index (χ4v) is 5.73. The number of hydrogen-bond acceptors (Lipinski definition) is 0. The van der Waals surface area contributed by atoms with Crippen molar-refractivity contribution < 1.29 is 0 Å². The second kappa shape index (κ2) is 4.00. The first-order valence-corrected chi connectivity index (χ1v) is 8.83. The molecule has 0 fully saturated rings. The monoisotopic (exact) mass is 335 g/mol. The summed E-state index contributed by atoms with van der Waals surface area (Å²) in [4.78, 5) is 0. The van der Waals surface area contributed by atoms with Gasteiger partial charge in [-0.1, -0.05) is 0 Å². The van der Waals surface area contributed by atoms with Crippen LogP contribution in [0.25, 0.3) is 41.1 Å². The zero-order valence-electron chi connectivity index (χ0n) is 11.6. The molecule has 2 aromatic heterocycles. The van der Waals surface area contributed by atoms with Gasteiger partial charge in [-0.3, -0.25) is 0 Å². The van der Waals surface area contributed by atoms with Crippen LogP contribution in [0, 0.1) is 0 Å². The summed E-state index contributed by atoms with van der Waals surface area (Å²) in [5.41, 5.74) is 2.67. The van der Waals surface area contributed by atoms with E-state index in [1.54, 1.807) is 0 Å². The molecular formula is C19H13NSe. The normalized spacial score (nSPS) is 12.0. The zero-order chi connectivity index (χ0) is 14.0. The van der Waals surface area contributed by atoms with Crippen LogP contribution in [0.4, 0.5) is 0 Å². The molecule has 0 unspecified atom stereocenters. The minimum absolute atomic E-state index is 0.441. The van der Waals surface area contributed by atoms with Crippen molar-refractivity contribution in [1.29, 1.82) is 0 Å². The summed E-state index contributed by atoms with van der Waals surface area (Å²) < 4.78 is 5.35. The predicted octanol–water partition coefficient (Wildman–Crippen LogP) is 4.69. The van der Waals surface area contributed by atoms with E-state index in [1.165, 1.54) is 41.1 Å². The summed E-state index contributed by atoms with van der Waals surface area (Å²) >= 11 is 0.441. The van der Waals surface area contributed by atoms with E-state index in [0.29, 0.717) is 14.5 Å². The molecule has 0 atom stereocenters. The Labute approximate surface area is 128 Å². The van der Waals surface area contributed by atoms with Gasteiger partial charge in [-0.25, -0.2) is 0 Å². The summed E-state index contributed by atoms with van der Waals surface area (Å²) in [5, 5.41) is 5.60. The van der Waals surface area contributed by atoms with Crippen LogP contribution < -0.4 is 0 Å². The summed E-state index contributed by atoms with van der Waals surface area (Å²) in [6, 6.07) is 22.3. The molecule has 0 N–H and O–H groups in total. The van der Waals surface area contributed by atoms with E-state index < -0.39 is 0 Å². The van der Waals surface area contributed by atoms with E-state index in [9.17, 15) is 0 Å². The van der Waals surface area contributed by atoms with Gasteiger partial charge < -0.3 is 0 Å². The van der Waals surface area contributed by atoms with Crippen molar-refractivity contribution in [2.24, 2.45) is 7.05 Å². The molecule has 0 bridgehead atoms. The van der Waals surface area contributed by atoms with Gasteiger partial charge in [-0.15, -0.1) is 0 Å². The van der Waals surface area contributed by atoms with Crippen molar-refractivity contribution in [3.05, 3.63) is 60.7 Å². The molecule has 0 saturated carbocycles. The Bertz CT molecular complexity index is 1140. The van der Waals surface area contributed by atoms with Crippen molar-refractivity contribution >= 4 is 55.6 Å². The molecule has 3 aromatic carbocycles. The molecule has 0 spiro atoms. The first-order chi connectivity index (χ1) is 10.3. The number of aryl methyl sites for hydroxylation is 1. The Hall–Kier alpha value is -2.02. The molecular weight excluding hydrogens is 321 g/mol. The van der Waals surface area contributed by atoms with Gasteiger partial charge in [0.15, 0.2) is 0 Å². The Morgan fingerprint density at radius 2 is 1.43 bits per heavy atom. The fraction of sp³-hybridized carbons (Fsp3) is 0.0526. The van der Waals surface area contributed by atoms with Crippen molar-refractivity contribution in [1.82, 2.24) is 4.57 Å². The van der Waals surface area contributed by atoms with Gasteiger partial charge in [0.25, 0.3) is 0 Å². The Balaban J connectivity index is 2.08. The van der Waals surface area contributed by atoms with Gasteiger partial charge in [0, 0.05) is 0 Å². The number of aromatic nitrogens is 1. The van der Waals surface area contributed by atoms with E-state index >= 15 is 0 Å². The van der Waals surface area contributed by atoms with E-state index in [2.05, 4.69) is 72.3 Å². The number of hydrogen-bond donors (Lipinski definition) is 0. The van der Waals surface area contributed by atoms with Crippen molar-refractivity contribution in [2.45, 2.75) is 0 Å². The van der Waals surface area contributed by atoms with Gasteiger partial charge in [-0.2, -0.15) is 0 Å². The van der Waals surface area contributed by atoms with E-state index in [0.717, 1.165) is 0 Å². The number of para-hydroxylation sites is 1.